The summed E-state index contributed by atoms with van der Waals surface area (Å²) in [7, 11) is 2.70. The number of carbonyl (C=O) groups excluding carboxylic acids is 4. The van der Waals surface area contributed by atoms with Crippen LogP contribution in [0.25, 0.3) is 0 Å². The fourth-order valence-electron chi connectivity index (χ4n) is 1.86. The van der Waals surface area contributed by atoms with Crippen LogP contribution in [-0.2, 0) is 9.59 Å². The maximum atomic E-state index is 11.6. The van der Waals surface area contributed by atoms with Gasteiger partial charge in [-0.2, -0.15) is 0 Å². The van der Waals surface area contributed by atoms with Gasteiger partial charge in [-0.15, -0.1) is 0 Å². The van der Waals surface area contributed by atoms with Gasteiger partial charge in [0.1, 0.15) is 0 Å². The Morgan fingerprint density at radius 1 is 0.821 bits per heavy atom. The number of hydrogen-bond donors (Lipinski definition) is 4. The standard InChI is InChI=1S/C18H34N4O4S2/c1-5-6-7-8-9-14(23)21-16(25)19-10-11-27-28-12-15(24)22-17(26)20-13-18(2,3)4/h5-13H2,1-4H3,(H2,19,21,23,25)(H2,20,22,24,26). The highest BCUT2D eigenvalue weighted by molar-refractivity contribution is 8.76. The third kappa shape index (κ3) is 18.0. The van der Waals surface area contributed by atoms with Crippen molar-refractivity contribution in [2.45, 2.75) is 59.8 Å². The minimum absolute atomic E-state index is 0.0516. The first kappa shape index (κ1) is 26.6. The minimum atomic E-state index is -0.501. The maximum absolute atomic E-state index is 11.6. The van der Waals surface area contributed by atoms with E-state index in [2.05, 4.69) is 28.2 Å². The Hall–Kier alpha value is -1.42. The molecule has 0 atom stereocenters. The second-order valence-corrected chi connectivity index (χ2v) is 10.1. The Morgan fingerprint density at radius 3 is 2.11 bits per heavy atom. The van der Waals surface area contributed by atoms with Crippen molar-refractivity contribution in [2.75, 3.05) is 24.6 Å². The number of nitrogens with one attached hydrogen (secondary N) is 4. The number of unbranched alkanes of at least 4 members (excludes halogenated alkanes) is 3. The van der Waals surface area contributed by atoms with E-state index < -0.39 is 12.1 Å². The molecule has 0 aromatic rings. The SMILES string of the molecule is CCCCCCC(=O)NC(=O)NCCSSCC(=O)NC(=O)NCC(C)(C)C. The predicted molar refractivity (Wildman–Crippen MR) is 116 cm³/mol. The van der Waals surface area contributed by atoms with Crippen LogP contribution < -0.4 is 21.3 Å². The highest BCUT2D eigenvalue weighted by Crippen LogP contribution is 2.19. The van der Waals surface area contributed by atoms with Crippen LogP contribution in [0, 0.1) is 5.41 Å². The molecule has 4 N–H and O–H groups in total. The van der Waals surface area contributed by atoms with Gasteiger partial charge in [-0.3, -0.25) is 20.2 Å². The third-order valence-electron chi connectivity index (χ3n) is 3.29. The molecule has 0 spiro atoms. The van der Waals surface area contributed by atoms with Crippen molar-refractivity contribution in [1.82, 2.24) is 21.3 Å². The van der Waals surface area contributed by atoms with Gasteiger partial charge < -0.3 is 10.6 Å². The topological polar surface area (TPSA) is 116 Å². The van der Waals surface area contributed by atoms with Crippen molar-refractivity contribution in [3.05, 3.63) is 0 Å². The largest absolute Gasteiger partial charge is 0.337 e. The molecule has 0 fully saturated rings. The molecule has 0 saturated heterocycles. The molecule has 0 saturated carbocycles. The number of imide groups is 2. The molecule has 10 heteroatoms. The summed E-state index contributed by atoms with van der Waals surface area (Å²) in [5.74, 6) is 0.0720. The number of carbonyl (C=O) groups is 4. The van der Waals surface area contributed by atoms with Gasteiger partial charge in [-0.05, 0) is 11.8 Å². The molecule has 0 heterocycles. The Kier molecular flexibility index (Phi) is 14.7. The highest BCUT2D eigenvalue weighted by Gasteiger charge is 2.13. The lowest BCUT2D eigenvalue weighted by atomic mass is 9.97. The van der Waals surface area contributed by atoms with Gasteiger partial charge in [-0.25, -0.2) is 9.59 Å². The molecule has 8 nitrogen and oxygen atoms in total. The summed E-state index contributed by atoms with van der Waals surface area (Å²) >= 11 is 0. The van der Waals surface area contributed by atoms with E-state index in [0.29, 0.717) is 25.3 Å². The van der Waals surface area contributed by atoms with Crippen molar-refractivity contribution < 1.29 is 19.2 Å². The summed E-state index contributed by atoms with van der Waals surface area (Å²) in [6.45, 7) is 8.91. The number of rotatable bonds is 12. The Bertz CT molecular complexity index is 510. The van der Waals surface area contributed by atoms with Crippen LogP contribution in [-0.4, -0.2) is 48.5 Å². The van der Waals surface area contributed by atoms with Crippen LogP contribution in [0.4, 0.5) is 9.59 Å². The highest BCUT2D eigenvalue weighted by atomic mass is 33.1. The van der Waals surface area contributed by atoms with E-state index in [1.165, 1.54) is 21.6 Å². The fraction of sp³-hybridized carbons (Fsp3) is 0.778. The zero-order valence-corrected chi connectivity index (χ0v) is 18.9. The average molecular weight is 435 g/mol. The van der Waals surface area contributed by atoms with E-state index in [0.717, 1.165) is 25.7 Å². The number of amides is 6. The van der Waals surface area contributed by atoms with Crippen LogP contribution in [0.5, 0.6) is 0 Å². The van der Waals surface area contributed by atoms with Crippen LogP contribution in [0.15, 0.2) is 0 Å². The number of urea groups is 2. The zero-order valence-electron chi connectivity index (χ0n) is 17.3. The van der Waals surface area contributed by atoms with Gasteiger partial charge in [0.25, 0.3) is 0 Å². The summed E-state index contributed by atoms with van der Waals surface area (Å²) < 4.78 is 0. The molecule has 0 bridgehead atoms. The van der Waals surface area contributed by atoms with E-state index in [1.807, 2.05) is 20.8 Å². The van der Waals surface area contributed by atoms with Crippen LogP contribution in [0.2, 0.25) is 0 Å². The van der Waals surface area contributed by atoms with Crippen molar-refractivity contribution in [3.8, 4) is 0 Å². The molecule has 0 aliphatic rings. The summed E-state index contributed by atoms with van der Waals surface area (Å²) in [5, 5.41) is 9.80. The molecule has 0 aliphatic heterocycles. The molecule has 28 heavy (non-hydrogen) atoms. The second-order valence-electron chi connectivity index (χ2n) is 7.49. The van der Waals surface area contributed by atoms with Crippen molar-refractivity contribution in [2.24, 2.45) is 5.41 Å². The normalized spacial score (nSPS) is 10.9. The first-order chi connectivity index (χ1) is 13.1. The predicted octanol–water partition coefficient (Wildman–Crippen LogP) is 3.04. The van der Waals surface area contributed by atoms with Gasteiger partial charge in [0.2, 0.25) is 11.8 Å². The van der Waals surface area contributed by atoms with Crippen molar-refractivity contribution in [1.29, 1.82) is 0 Å². The van der Waals surface area contributed by atoms with E-state index >= 15 is 0 Å². The van der Waals surface area contributed by atoms with Gasteiger partial charge in [-0.1, -0.05) is 68.5 Å². The monoisotopic (exact) mass is 434 g/mol. The van der Waals surface area contributed by atoms with Crippen LogP contribution in [0.1, 0.15) is 59.8 Å². The lowest BCUT2D eigenvalue weighted by Crippen LogP contribution is -2.43. The average Bonchev–Trinajstić information content (AvgIpc) is 2.59. The van der Waals surface area contributed by atoms with Crippen LogP contribution >= 0.6 is 21.6 Å². The molecule has 0 aromatic heterocycles. The summed E-state index contributed by atoms with van der Waals surface area (Å²) in [6, 6.07) is -0.998. The lowest BCUT2D eigenvalue weighted by Gasteiger charge is -2.18. The third-order valence-corrected chi connectivity index (χ3v) is 5.56. The first-order valence-electron chi connectivity index (χ1n) is 9.54. The van der Waals surface area contributed by atoms with Gasteiger partial charge in [0.15, 0.2) is 0 Å². The van der Waals surface area contributed by atoms with E-state index in [9.17, 15) is 19.2 Å². The molecule has 0 unspecified atom stereocenters. The smallest absolute Gasteiger partial charge is 0.321 e. The Balaban J connectivity index is 3.64. The quantitative estimate of drug-likeness (QED) is 0.277. The van der Waals surface area contributed by atoms with E-state index in [-0.39, 0.29) is 23.0 Å². The molecule has 0 radical (unpaired) electrons. The van der Waals surface area contributed by atoms with Gasteiger partial charge >= 0.3 is 12.1 Å². The van der Waals surface area contributed by atoms with Crippen LogP contribution in [0.3, 0.4) is 0 Å². The van der Waals surface area contributed by atoms with Gasteiger partial charge in [0.05, 0.1) is 5.75 Å². The molecule has 0 aliphatic carbocycles. The summed E-state index contributed by atoms with van der Waals surface area (Å²) in [4.78, 5) is 46.3. The molecular weight excluding hydrogens is 400 g/mol. The molecule has 0 rings (SSSR count). The van der Waals surface area contributed by atoms with Crippen molar-refractivity contribution >= 4 is 45.5 Å². The fourth-order valence-corrected chi connectivity index (χ4v) is 3.60. The number of hydrogen-bond acceptors (Lipinski definition) is 6. The minimum Gasteiger partial charge on any atom is -0.337 e. The maximum Gasteiger partial charge on any atom is 0.321 e. The Labute approximate surface area is 175 Å². The Morgan fingerprint density at radius 2 is 1.46 bits per heavy atom. The lowest BCUT2D eigenvalue weighted by molar-refractivity contribution is -0.120. The zero-order chi connectivity index (χ0) is 21.4. The van der Waals surface area contributed by atoms with Gasteiger partial charge in [0, 0.05) is 25.3 Å². The molecule has 162 valence electrons. The van der Waals surface area contributed by atoms with Crippen molar-refractivity contribution in [3.63, 3.8) is 0 Å². The molecule has 6 amide bonds. The molecular formula is C18H34N4O4S2. The summed E-state index contributed by atoms with van der Waals surface area (Å²) in [5.41, 5.74) is -0.0516. The summed E-state index contributed by atoms with van der Waals surface area (Å²) in [6.07, 6.45) is 4.33. The van der Waals surface area contributed by atoms with E-state index in [1.54, 1.807) is 0 Å². The second kappa shape index (κ2) is 15.5. The van der Waals surface area contributed by atoms with E-state index in [4.69, 9.17) is 0 Å². The molecule has 0 aromatic carbocycles. The first-order valence-corrected chi connectivity index (χ1v) is 12.0.